The van der Waals surface area contributed by atoms with Gasteiger partial charge in [-0.05, 0) is 35.6 Å². The molecule has 2 aromatic rings. The van der Waals surface area contributed by atoms with Crippen molar-refractivity contribution in [1.82, 2.24) is 0 Å². The molecule has 1 unspecified atom stereocenters. The SMILES string of the molecule is NCC1(c2ccc3ccccc3c2)CC=CCC1. The monoisotopic (exact) mass is 237 g/mol. The Balaban J connectivity index is 2.09. The fourth-order valence-electron chi connectivity index (χ4n) is 2.97. The molecule has 0 heterocycles. The second-order valence-corrected chi connectivity index (χ2v) is 5.26. The van der Waals surface area contributed by atoms with Crippen molar-refractivity contribution >= 4 is 10.8 Å². The van der Waals surface area contributed by atoms with Gasteiger partial charge in [-0.15, -0.1) is 0 Å². The van der Waals surface area contributed by atoms with Crippen LogP contribution in [-0.2, 0) is 5.41 Å². The van der Waals surface area contributed by atoms with Gasteiger partial charge in [0.15, 0.2) is 0 Å². The highest BCUT2D eigenvalue weighted by atomic mass is 14.6. The Hall–Kier alpha value is -1.60. The summed E-state index contributed by atoms with van der Waals surface area (Å²) in [7, 11) is 0. The van der Waals surface area contributed by atoms with Crippen molar-refractivity contribution in [3.63, 3.8) is 0 Å². The molecule has 2 N–H and O–H groups in total. The van der Waals surface area contributed by atoms with Crippen LogP contribution in [-0.4, -0.2) is 6.54 Å². The number of hydrogen-bond acceptors (Lipinski definition) is 1. The van der Waals surface area contributed by atoms with Crippen molar-refractivity contribution in [2.24, 2.45) is 5.73 Å². The number of rotatable bonds is 2. The van der Waals surface area contributed by atoms with E-state index in [1.165, 1.54) is 22.8 Å². The maximum atomic E-state index is 6.08. The van der Waals surface area contributed by atoms with Crippen molar-refractivity contribution in [1.29, 1.82) is 0 Å². The molecule has 0 radical (unpaired) electrons. The van der Waals surface area contributed by atoms with E-state index < -0.39 is 0 Å². The Morgan fingerprint density at radius 1 is 1.00 bits per heavy atom. The van der Waals surface area contributed by atoms with E-state index >= 15 is 0 Å². The van der Waals surface area contributed by atoms with Crippen LogP contribution in [0.15, 0.2) is 54.6 Å². The quantitative estimate of drug-likeness (QED) is 0.790. The number of benzene rings is 2. The summed E-state index contributed by atoms with van der Waals surface area (Å²) in [5, 5.41) is 2.62. The Morgan fingerprint density at radius 2 is 1.83 bits per heavy atom. The van der Waals surface area contributed by atoms with Gasteiger partial charge in [-0.25, -0.2) is 0 Å². The lowest BCUT2D eigenvalue weighted by molar-refractivity contribution is 0.398. The summed E-state index contributed by atoms with van der Waals surface area (Å²) in [6.07, 6.45) is 7.94. The maximum absolute atomic E-state index is 6.08. The molecule has 0 aromatic heterocycles. The van der Waals surface area contributed by atoms with Crippen molar-refractivity contribution in [3.05, 3.63) is 60.2 Å². The zero-order valence-corrected chi connectivity index (χ0v) is 10.6. The predicted molar refractivity (Wildman–Crippen MR) is 77.7 cm³/mol. The van der Waals surface area contributed by atoms with Crippen molar-refractivity contribution in [2.75, 3.05) is 6.54 Å². The van der Waals surface area contributed by atoms with Gasteiger partial charge in [0.2, 0.25) is 0 Å². The zero-order valence-electron chi connectivity index (χ0n) is 10.6. The predicted octanol–water partition coefficient (Wildman–Crippen LogP) is 3.78. The minimum absolute atomic E-state index is 0.152. The first kappa shape index (κ1) is 11.5. The number of nitrogens with two attached hydrogens (primary N) is 1. The van der Waals surface area contributed by atoms with Crippen LogP contribution in [0.25, 0.3) is 10.8 Å². The smallest absolute Gasteiger partial charge is 0.0113 e. The Kier molecular flexibility index (Phi) is 2.92. The van der Waals surface area contributed by atoms with Crippen LogP contribution in [0.3, 0.4) is 0 Å². The highest BCUT2D eigenvalue weighted by molar-refractivity contribution is 5.83. The molecule has 0 amide bonds. The van der Waals surface area contributed by atoms with Crippen LogP contribution in [0.1, 0.15) is 24.8 Å². The summed E-state index contributed by atoms with van der Waals surface area (Å²) in [5.74, 6) is 0. The average Bonchev–Trinajstić information content (AvgIpc) is 2.47. The van der Waals surface area contributed by atoms with Gasteiger partial charge in [0.05, 0.1) is 0 Å². The Labute approximate surface area is 108 Å². The maximum Gasteiger partial charge on any atom is 0.0113 e. The first-order chi connectivity index (χ1) is 8.84. The fourth-order valence-corrected chi connectivity index (χ4v) is 2.97. The summed E-state index contributed by atoms with van der Waals surface area (Å²) in [6, 6.07) is 15.3. The summed E-state index contributed by atoms with van der Waals surface area (Å²) in [5.41, 5.74) is 7.63. The van der Waals surface area contributed by atoms with E-state index in [9.17, 15) is 0 Å². The van der Waals surface area contributed by atoms with Gasteiger partial charge in [-0.3, -0.25) is 0 Å². The van der Waals surface area contributed by atoms with Gasteiger partial charge < -0.3 is 5.73 Å². The molecule has 1 atom stereocenters. The molecule has 18 heavy (non-hydrogen) atoms. The van der Waals surface area contributed by atoms with Gasteiger partial charge in [0.1, 0.15) is 0 Å². The lowest BCUT2D eigenvalue weighted by atomic mass is 9.71. The lowest BCUT2D eigenvalue weighted by Gasteiger charge is -2.34. The third kappa shape index (κ3) is 1.85. The van der Waals surface area contributed by atoms with Crippen molar-refractivity contribution in [3.8, 4) is 0 Å². The van der Waals surface area contributed by atoms with Crippen LogP contribution in [0.4, 0.5) is 0 Å². The number of allylic oxidation sites excluding steroid dienone is 2. The summed E-state index contributed by atoms with van der Waals surface area (Å²) < 4.78 is 0. The molecule has 1 aliphatic carbocycles. The molecule has 92 valence electrons. The second-order valence-electron chi connectivity index (χ2n) is 5.26. The zero-order chi connectivity index (χ0) is 12.4. The minimum atomic E-state index is 0.152. The van der Waals surface area contributed by atoms with E-state index in [0.29, 0.717) is 0 Å². The van der Waals surface area contributed by atoms with Gasteiger partial charge in [-0.1, -0.05) is 54.6 Å². The second kappa shape index (κ2) is 4.58. The normalized spacial score (nSPS) is 23.4. The van der Waals surface area contributed by atoms with E-state index in [1.807, 2.05) is 0 Å². The highest BCUT2D eigenvalue weighted by Gasteiger charge is 2.30. The fraction of sp³-hybridized carbons (Fsp3) is 0.294. The van der Waals surface area contributed by atoms with Crippen LogP contribution in [0.2, 0.25) is 0 Å². The lowest BCUT2D eigenvalue weighted by Crippen LogP contribution is -2.35. The molecular formula is C17H19N. The van der Waals surface area contributed by atoms with Crippen molar-refractivity contribution < 1.29 is 0 Å². The third-order valence-electron chi connectivity index (χ3n) is 4.22. The molecule has 0 aliphatic heterocycles. The van der Waals surface area contributed by atoms with E-state index in [-0.39, 0.29) is 5.41 Å². The van der Waals surface area contributed by atoms with Crippen LogP contribution in [0.5, 0.6) is 0 Å². The number of fused-ring (bicyclic) bond motifs is 1. The first-order valence-corrected chi connectivity index (χ1v) is 6.68. The average molecular weight is 237 g/mol. The van der Waals surface area contributed by atoms with Crippen molar-refractivity contribution in [2.45, 2.75) is 24.7 Å². The molecule has 1 aliphatic rings. The molecule has 0 spiro atoms. The molecule has 0 bridgehead atoms. The molecule has 3 rings (SSSR count). The van der Waals surface area contributed by atoms with E-state index in [4.69, 9.17) is 5.73 Å². The molecule has 2 aromatic carbocycles. The van der Waals surface area contributed by atoms with Gasteiger partial charge in [-0.2, -0.15) is 0 Å². The van der Waals surface area contributed by atoms with Gasteiger partial charge >= 0.3 is 0 Å². The molecule has 0 saturated heterocycles. The molecule has 1 nitrogen and oxygen atoms in total. The summed E-state index contributed by atoms with van der Waals surface area (Å²) >= 11 is 0. The Bertz CT molecular complexity index is 585. The van der Waals surface area contributed by atoms with Crippen LogP contribution < -0.4 is 5.73 Å². The minimum Gasteiger partial charge on any atom is -0.330 e. The molecular weight excluding hydrogens is 218 g/mol. The van der Waals surface area contributed by atoms with E-state index in [0.717, 1.165) is 19.4 Å². The summed E-state index contributed by atoms with van der Waals surface area (Å²) in [4.78, 5) is 0. The standard InChI is InChI=1S/C17H19N/c18-13-17(10-4-1-5-11-17)16-9-8-14-6-2-3-7-15(14)12-16/h1-4,6-9,12H,5,10-11,13,18H2. The van der Waals surface area contributed by atoms with E-state index in [2.05, 4.69) is 54.6 Å². The first-order valence-electron chi connectivity index (χ1n) is 6.68. The Morgan fingerprint density at radius 3 is 2.56 bits per heavy atom. The topological polar surface area (TPSA) is 26.0 Å². The van der Waals surface area contributed by atoms with Gasteiger partial charge in [0, 0.05) is 12.0 Å². The number of hydrogen-bond donors (Lipinski definition) is 1. The third-order valence-corrected chi connectivity index (χ3v) is 4.22. The summed E-state index contributed by atoms with van der Waals surface area (Å²) in [6.45, 7) is 0.732. The largest absolute Gasteiger partial charge is 0.330 e. The van der Waals surface area contributed by atoms with Crippen LogP contribution >= 0.6 is 0 Å². The van der Waals surface area contributed by atoms with Gasteiger partial charge in [0.25, 0.3) is 0 Å². The van der Waals surface area contributed by atoms with Crippen LogP contribution in [0, 0.1) is 0 Å². The van der Waals surface area contributed by atoms with E-state index in [1.54, 1.807) is 0 Å². The molecule has 1 heteroatoms. The highest BCUT2D eigenvalue weighted by Crippen LogP contribution is 2.36. The molecule has 0 fully saturated rings. The molecule has 0 saturated carbocycles.